The molecule has 0 fully saturated rings. The van der Waals surface area contributed by atoms with E-state index in [2.05, 4.69) is 13.2 Å². The Bertz CT molecular complexity index is 565. The van der Waals surface area contributed by atoms with Crippen LogP contribution in [0.4, 0.5) is 5.69 Å². The Kier molecular flexibility index (Phi) is 4.26. The number of rotatable bonds is 2. The lowest BCUT2D eigenvalue weighted by molar-refractivity contribution is -0.117. The second-order valence-electron chi connectivity index (χ2n) is 3.84. The predicted octanol–water partition coefficient (Wildman–Crippen LogP) is 1.53. The molecule has 98 valence electrons. The minimum Gasteiger partial charge on any atom is -0.294 e. The first-order chi connectivity index (χ1) is 8.37. The molecule has 2 rings (SSSR count). The molecule has 1 aliphatic rings. The normalized spacial score (nSPS) is 13.9. The maximum absolute atomic E-state index is 11.6. The fourth-order valence-corrected chi connectivity index (χ4v) is 2.43. The lowest BCUT2D eigenvalue weighted by Gasteiger charge is -2.15. The zero-order valence-electron chi connectivity index (χ0n) is 10.1. The van der Waals surface area contributed by atoms with Crippen LogP contribution in [-0.2, 0) is 21.3 Å². The third kappa shape index (κ3) is 3.18. The summed E-state index contributed by atoms with van der Waals surface area (Å²) >= 11 is 0. The van der Waals surface area contributed by atoms with Gasteiger partial charge in [-0.2, -0.15) is 8.42 Å². The maximum Gasteiger partial charge on any atom is 0.283 e. The van der Waals surface area contributed by atoms with Gasteiger partial charge in [-0.05, 0) is 18.6 Å². The Hall–Kier alpha value is -1.66. The van der Waals surface area contributed by atoms with Crippen LogP contribution >= 0.6 is 0 Å². The van der Waals surface area contributed by atoms with E-state index in [1.807, 2.05) is 13.0 Å². The average Bonchev–Trinajstić information content (AvgIpc) is 2.55. The first-order valence-corrected chi connectivity index (χ1v) is 6.83. The third-order valence-electron chi connectivity index (χ3n) is 2.46. The molecule has 0 saturated heterocycles. The zero-order valence-corrected chi connectivity index (χ0v) is 10.9. The lowest BCUT2D eigenvalue weighted by Crippen LogP contribution is -2.32. The van der Waals surface area contributed by atoms with E-state index in [0.29, 0.717) is 5.69 Å². The Balaban J connectivity index is 0.000000771. The molecule has 1 amide bonds. The molecule has 0 saturated carbocycles. The molecule has 18 heavy (non-hydrogen) atoms. The number of benzene rings is 1. The fourth-order valence-electron chi connectivity index (χ4n) is 1.82. The van der Waals surface area contributed by atoms with Crippen LogP contribution in [-0.4, -0.2) is 24.8 Å². The molecule has 0 radical (unpaired) electrons. The molecule has 1 N–H and O–H groups in total. The van der Waals surface area contributed by atoms with E-state index in [0.717, 1.165) is 16.0 Å². The van der Waals surface area contributed by atoms with Crippen molar-refractivity contribution >= 4 is 21.7 Å². The first-order valence-electron chi connectivity index (χ1n) is 5.22. The number of nitrogens with zero attached hydrogens (tertiary/aromatic N) is 1. The number of aryl methyl sites for hydroxylation is 1. The average molecular weight is 269 g/mol. The predicted molar refractivity (Wildman–Crippen MR) is 70.0 cm³/mol. The van der Waals surface area contributed by atoms with Crippen molar-refractivity contribution in [2.24, 2.45) is 0 Å². The van der Waals surface area contributed by atoms with Crippen molar-refractivity contribution in [1.82, 2.24) is 0 Å². The topological polar surface area (TPSA) is 74.7 Å². The van der Waals surface area contributed by atoms with Crippen molar-refractivity contribution < 1.29 is 17.8 Å². The summed E-state index contributed by atoms with van der Waals surface area (Å²) in [5, 5.41) is 0. The highest BCUT2D eigenvalue weighted by Crippen LogP contribution is 2.29. The van der Waals surface area contributed by atoms with Gasteiger partial charge in [0.25, 0.3) is 10.1 Å². The van der Waals surface area contributed by atoms with Crippen LogP contribution in [0.15, 0.2) is 31.4 Å². The molecule has 6 heteroatoms. The summed E-state index contributed by atoms with van der Waals surface area (Å²) in [6.45, 7) is 7.90. The second kappa shape index (κ2) is 5.32. The molecule has 1 aromatic rings. The van der Waals surface area contributed by atoms with Gasteiger partial charge in [0.1, 0.15) is 0 Å². The van der Waals surface area contributed by atoms with Crippen molar-refractivity contribution in [3.05, 3.63) is 42.5 Å². The molecule has 0 aliphatic carbocycles. The highest BCUT2D eigenvalue weighted by molar-refractivity contribution is 7.85. The van der Waals surface area contributed by atoms with Gasteiger partial charge in [-0.3, -0.25) is 14.2 Å². The van der Waals surface area contributed by atoms with Crippen LogP contribution in [0.2, 0.25) is 0 Å². The quantitative estimate of drug-likeness (QED) is 0.652. The summed E-state index contributed by atoms with van der Waals surface area (Å²) in [5.41, 5.74) is 2.38. The molecule has 1 aliphatic heterocycles. The number of hydrogen-bond acceptors (Lipinski definition) is 3. The molecule has 0 spiro atoms. The van der Waals surface area contributed by atoms with Gasteiger partial charge in [0.05, 0.1) is 6.42 Å². The van der Waals surface area contributed by atoms with Crippen molar-refractivity contribution in [1.29, 1.82) is 0 Å². The highest BCUT2D eigenvalue weighted by atomic mass is 32.2. The van der Waals surface area contributed by atoms with Gasteiger partial charge in [-0.25, -0.2) is 0 Å². The van der Waals surface area contributed by atoms with E-state index in [-0.39, 0.29) is 12.3 Å². The second-order valence-corrected chi connectivity index (χ2v) is 5.26. The number of hydrogen-bond donors (Lipinski definition) is 1. The number of fused-ring (bicyclic) bond motifs is 1. The van der Waals surface area contributed by atoms with Crippen LogP contribution in [0.3, 0.4) is 0 Å². The monoisotopic (exact) mass is 269 g/mol. The molecule has 5 nitrogen and oxygen atoms in total. The molecule has 1 heterocycles. The molecule has 0 aromatic heterocycles. The Morgan fingerprint density at radius 1 is 1.39 bits per heavy atom. The molecule has 1 aromatic carbocycles. The van der Waals surface area contributed by atoms with Crippen molar-refractivity contribution in [3.63, 3.8) is 0 Å². The molecule has 0 atom stereocenters. The van der Waals surface area contributed by atoms with E-state index in [9.17, 15) is 13.2 Å². The Labute approximate surface area is 106 Å². The third-order valence-corrected chi connectivity index (χ3v) is 3.05. The number of carbonyl (C=O) groups excluding carboxylic acids is 1. The van der Waals surface area contributed by atoms with E-state index < -0.39 is 16.0 Å². The molecule has 0 bridgehead atoms. The standard InChI is InChI=1S/C10H11NO4S.C2H4/c1-7-2-3-9-8(4-7)5-10(12)11(9)6-16(13,14)15;1-2/h2-4H,5-6H2,1H3,(H,13,14,15);1-2H2. The van der Waals surface area contributed by atoms with Gasteiger partial charge in [0.15, 0.2) is 5.88 Å². The number of carbonyl (C=O) groups is 1. The minimum atomic E-state index is -4.19. The van der Waals surface area contributed by atoms with E-state index in [4.69, 9.17) is 4.55 Å². The van der Waals surface area contributed by atoms with E-state index >= 15 is 0 Å². The van der Waals surface area contributed by atoms with Gasteiger partial charge in [0.2, 0.25) is 5.91 Å². The fraction of sp³-hybridized carbons (Fsp3) is 0.250. The minimum absolute atomic E-state index is 0.187. The lowest BCUT2D eigenvalue weighted by atomic mass is 10.1. The van der Waals surface area contributed by atoms with E-state index in [1.54, 1.807) is 12.1 Å². The van der Waals surface area contributed by atoms with Gasteiger partial charge >= 0.3 is 0 Å². The van der Waals surface area contributed by atoms with Crippen molar-refractivity contribution in [2.75, 3.05) is 10.8 Å². The summed E-state index contributed by atoms with van der Waals surface area (Å²) in [5.74, 6) is -0.986. The van der Waals surface area contributed by atoms with Gasteiger partial charge in [-0.15, -0.1) is 13.2 Å². The summed E-state index contributed by atoms with van der Waals surface area (Å²) in [4.78, 5) is 12.7. The van der Waals surface area contributed by atoms with Crippen LogP contribution in [0.25, 0.3) is 0 Å². The SMILES string of the molecule is C=C.Cc1ccc2c(c1)CC(=O)N2CS(=O)(=O)O. The Morgan fingerprint density at radius 3 is 2.56 bits per heavy atom. The zero-order chi connectivity index (χ0) is 13.9. The van der Waals surface area contributed by atoms with Gasteiger partial charge in [-0.1, -0.05) is 17.7 Å². The highest BCUT2D eigenvalue weighted by Gasteiger charge is 2.29. The van der Waals surface area contributed by atoms with Crippen LogP contribution in [0.5, 0.6) is 0 Å². The molecular formula is C12H15NO4S. The summed E-state index contributed by atoms with van der Waals surface area (Å²) in [6.07, 6.45) is 0.187. The number of amides is 1. The molecular weight excluding hydrogens is 254 g/mol. The van der Waals surface area contributed by atoms with Crippen molar-refractivity contribution in [2.45, 2.75) is 13.3 Å². The van der Waals surface area contributed by atoms with Gasteiger partial charge < -0.3 is 0 Å². The maximum atomic E-state index is 11.6. The largest absolute Gasteiger partial charge is 0.294 e. The summed E-state index contributed by atoms with van der Waals surface area (Å²) < 4.78 is 30.3. The smallest absolute Gasteiger partial charge is 0.283 e. The molecule has 0 unspecified atom stereocenters. The summed E-state index contributed by atoms with van der Waals surface area (Å²) in [6, 6.07) is 5.34. The first kappa shape index (κ1) is 14.4. The van der Waals surface area contributed by atoms with E-state index in [1.165, 1.54) is 0 Å². The van der Waals surface area contributed by atoms with Crippen LogP contribution in [0, 0.1) is 6.92 Å². The van der Waals surface area contributed by atoms with Crippen LogP contribution in [0.1, 0.15) is 11.1 Å². The van der Waals surface area contributed by atoms with Crippen molar-refractivity contribution in [3.8, 4) is 0 Å². The van der Waals surface area contributed by atoms with Gasteiger partial charge in [0, 0.05) is 5.69 Å². The number of anilines is 1. The Morgan fingerprint density at radius 2 is 2.00 bits per heavy atom. The van der Waals surface area contributed by atoms with Crippen LogP contribution < -0.4 is 4.90 Å². The summed E-state index contributed by atoms with van der Waals surface area (Å²) in [7, 11) is -4.19.